The number of nitrogens with zero attached hydrogens (tertiary/aromatic N) is 1. The van der Waals surface area contributed by atoms with Crippen LogP contribution in [-0.4, -0.2) is 17.7 Å². The summed E-state index contributed by atoms with van der Waals surface area (Å²) < 4.78 is 7.22. The topological polar surface area (TPSA) is 57.2 Å². The molecular formula is C15H19ClN2O2. The van der Waals surface area contributed by atoms with Gasteiger partial charge in [-0.1, -0.05) is 11.6 Å². The summed E-state index contributed by atoms with van der Waals surface area (Å²) in [6, 6.07) is 7.09. The van der Waals surface area contributed by atoms with E-state index in [2.05, 4.69) is 0 Å². The summed E-state index contributed by atoms with van der Waals surface area (Å²) >= 11 is 5.96. The predicted molar refractivity (Wildman–Crippen MR) is 82.6 cm³/mol. The third kappa shape index (κ3) is 3.32. The molecule has 0 atom stereocenters. The van der Waals surface area contributed by atoms with Crippen LogP contribution in [0.1, 0.15) is 19.3 Å². The number of pyridine rings is 1. The van der Waals surface area contributed by atoms with E-state index < -0.39 is 0 Å². The van der Waals surface area contributed by atoms with E-state index in [4.69, 9.17) is 22.1 Å². The Morgan fingerprint density at radius 2 is 2.05 bits per heavy atom. The van der Waals surface area contributed by atoms with Crippen molar-refractivity contribution in [3.8, 4) is 5.88 Å². The maximum Gasteiger partial charge on any atom is 0.260 e. The van der Waals surface area contributed by atoms with Crippen LogP contribution in [0.4, 0.5) is 0 Å². The van der Waals surface area contributed by atoms with Crippen LogP contribution in [0.3, 0.4) is 0 Å². The van der Waals surface area contributed by atoms with Gasteiger partial charge in [-0.2, -0.15) is 0 Å². The highest BCUT2D eigenvalue weighted by atomic mass is 35.5. The zero-order valence-corrected chi connectivity index (χ0v) is 12.3. The van der Waals surface area contributed by atoms with Crippen molar-refractivity contribution in [2.75, 3.05) is 13.2 Å². The summed E-state index contributed by atoms with van der Waals surface area (Å²) in [5.74, 6) is 0.567. The number of hydrogen-bond acceptors (Lipinski definition) is 3. The molecule has 0 saturated heterocycles. The molecule has 0 bridgehead atoms. The Kier molecular flexibility index (Phi) is 5.04. The number of unbranched alkanes of at least 4 members (excludes halogenated alkanes) is 2. The molecule has 0 radical (unpaired) electrons. The first-order valence-corrected chi connectivity index (χ1v) is 7.13. The van der Waals surface area contributed by atoms with Gasteiger partial charge in [-0.15, -0.1) is 0 Å². The molecule has 2 aromatic rings. The van der Waals surface area contributed by atoms with Gasteiger partial charge in [-0.25, -0.2) is 0 Å². The smallest absolute Gasteiger partial charge is 0.260 e. The van der Waals surface area contributed by atoms with Gasteiger partial charge in [0.15, 0.2) is 5.88 Å². The van der Waals surface area contributed by atoms with Crippen LogP contribution in [0.25, 0.3) is 10.8 Å². The van der Waals surface area contributed by atoms with Crippen LogP contribution < -0.4 is 16.0 Å². The van der Waals surface area contributed by atoms with Crippen molar-refractivity contribution < 1.29 is 4.74 Å². The summed E-state index contributed by atoms with van der Waals surface area (Å²) in [4.78, 5) is 12.2. The lowest BCUT2D eigenvalue weighted by atomic mass is 10.2. The van der Waals surface area contributed by atoms with Gasteiger partial charge in [0.1, 0.15) is 0 Å². The van der Waals surface area contributed by atoms with Gasteiger partial charge >= 0.3 is 0 Å². The molecule has 1 heterocycles. The monoisotopic (exact) mass is 294 g/mol. The molecule has 0 unspecified atom stereocenters. The number of halogens is 1. The molecule has 20 heavy (non-hydrogen) atoms. The van der Waals surface area contributed by atoms with Crippen molar-refractivity contribution in [3.05, 3.63) is 39.6 Å². The van der Waals surface area contributed by atoms with Crippen molar-refractivity contribution in [1.29, 1.82) is 0 Å². The summed E-state index contributed by atoms with van der Waals surface area (Å²) in [5.41, 5.74) is 5.37. The SMILES string of the molecule is Cn1c(OCCCCCN)cc2cc(Cl)ccc2c1=O. The highest BCUT2D eigenvalue weighted by Gasteiger charge is 2.07. The Morgan fingerprint density at radius 1 is 1.25 bits per heavy atom. The van der Waals surface area contributed by atoms with E-state index in [9.17, 15) is 4.79 Å². The normalized spacial score (nSPS) is 10.9. The molecule has 0 aliphatic carbocycles. The summed E-state index contributed by atoms with van der Waals surface area (Å²) in [5, 5.41) is 2.06. The molecule has 108 valence electrons. The summed E-state index contributed by atoms with van der Waals surface area (Å²) in [6.45, 7) is 1.28. The van der Waals surface area contributed by atoms with Crippen LogP contribution in [0.2, 0.25) is 5.02 Å². The largest absolute Gasteiger partial charge is 0.479 e. The van der Waals surface area contributed by atoms with Crippen molar-refractivity contribution in [3.63, 3.8) is 0 Å². The van der Waals surface area contributed by atoms with Crippen molar-refractivity contribution >= 4 is 22.4 Å². The first-order valence-electron chi connectivity index (χ1n) is 6.75. The van der Waals surface area contributed by atoms with E-state index in [0.29, 0.717) is 29.4 Å². The maximum atomic E-state index is 12.2. The fourth-order valence-electron chi connectivity index (χ4n) is 2.10. The van der Waals surface area contributed by atoms with E-state index in [1.54, 1.807) is 25.2 Å². The Labute approximate surface area is 123 Å². The van der Waals surface area contributed by atoms with Crippen molar-refractivity contribution in [1.82, 2.24) is 4.57 Å². The van der Waals surface area contributed by atoms with Gasteiger partial charge in [0.25, 0.3) is 5.56 Å². The van der Waals surface area contributed by atoms with Gasteiger partial charge in [0.05, 0.1) is 6.61 Å². The number of hydrogen-bond donors (Lipinski definition) is 1. The van der Waals surface area contributed by atoms with Gasteiger partial charge in [-0.3, -0.25) is 9.36 Å². The Hall–Kier alpha value is -1.52. The second-order valence-corrected chi connectivity index (χ2v) is 5.21. The van der Waals surface area contributed by atoms with E-state index in [0.717, 1.165) is 24.6 Å². The first kappa shape index (κ1) is 14.9. The third-order valence-electron chi connectivity index (χ3n) is 3.26. The fourth-order valence-corrected chi connectivity index (χ4v) is 2.28. The third-order valence-corrected chi connectivity index (χ3v) is 3.49. The highest BCUT2D eigenvalue weighted by molar-refractivity contribution is 6.31. The fraction of sp³-hybridized carbons (Fsp3) is 0.400. The number of fused-ring (bicyclic) bond motifs is 1. The molecule has 0 amide bonds. The molecule has 1 aromatic carbocycles. The van der Waals surface area contributed by atoms with Gasteiger partial charge in [0.2, 0.25) is 0 Å². The number of ether oxygens (including phenoxy) is 1. The number of benzene rings is 1. The minimum Gasteiger partial charge on any atom is -0.479 e. The molecule has 4 nitrogen and oxygen atoms in total. The Morgan fingerprint density at radius 3 is 2.80 bits per heavy atom. The second-order valence-electron chi connectivity index (χ2n) is 4.78. The van der Waals surface area contributed by atoms with E-state index in [1.165, 1.54) is 4.57 Å². The second kappa shape index (κ2) is 6.77. The number of rotatable bonds is 6. The van der Waals surface area contributed by atoms with Crippen LogP contribution in [-0.2, 0) is 7.05 Å². The molecule has 1 aromatic heterocycles. The quantitative estimate of drug-likeness (QED) is 0.833. The number of aromatic nitrogens is 1. The molecule has 5 heteroatoms. The molecule has 2 rings (SSSR count). The van der Waals surface area contributed by atoms with Gasteiger partial charge < -0.3 is 10.5 Å². The van der Waals surface area contributed by atoms with Crippen LogP contribution in [0.5, 0.6) is 5.88 Å². The molecular weight excluding hydrogens is 276 g/mol. The lowest BCUT2D eigenvalue weighted by Crippen LogP contribution is -2.19. The van der Waals surface area contributed by atoms with E-state index in [-0.39, 0.29) is 5.56 Å². The molecule has 0 aliphatic heterocycles. The molecule has 0 spiro atoms. The van der Waals surface area contributed by atoms with E-state index in [1.807, 2.05) is 6.07 Å². The average Bonchev–Trinajstić information content (AvgIpc) is 2.43. The van der Waals surface area contributed by atoms with Crippen LogP contribution in [0.15, 0.2) is 29.1 Å². The Bertz CT molecular complexity index is 652. The minimum atomic E-state index is -0.0730. The molecule has 0 saturated carbocycles. The molecule has 0 aliphatic rings. The lowest BCUT2D eigenvalue weighted by molar-refractivity contribution is 0.282. The van der Waals surface area contributed by atoms with Crippen LogP contribution >= 0.6 is 11.6 Å². The maximum absolute atomic E-state index is 12.2. The van der Waals surface area contributed by atoms with E-state index >= 15 is 0 Å². The summed E-state index contributed by atoms with van der Waals surface area (Å²) in [6.07, 6.45) is 2.96. The first-order chi connectivity index (χ1) is 9.63. The predicted octanol–water partition coefficient (Wildman–Crippen LogP) is 2.70. The van der Waals surface area contributed by atoms with Gasteiger partial charge in [-0.05, 0) is 49.4 Å². The number of nitrogens with two attached hydrogens (primary N) is 1. The standard InChI is InChI=1S/C15H19ClN2O2/c1-18-14(20-8-4-2-3-7-17)10-11-9-12(16)5-6-13(11)15(18)19/h5-6,9-10H,2-4,7-8,17H2,1H3. The zero-order valence-electron chi connectivity index (χ0n) is 11.6. The summed E-state index contributed by atoms with van der Waals surface area (Å²) in [7, 11) is 1.71. The minimum absolute atomic E-state index is 0.0730. The zero-order chi connectivity index (χ0) is 14.5. The average molecular weight is 295 g/mol. The van der Waals surface area contributed by atoms with Gasteiger partial charge in [0, 0.05) is 23.5 Å². The van der Waals surface area contributed by atoms with Crippen LogP contribution in [0, 0.1) is 0 Å². The highest BCUT2D eigenvalue weighted by Crippen LogP contribution is 2.21. The lowest BCUT2D eigenvalue weighted by Gasteiger charge is -2.11. The van der Waals surface area contributed by atoms with Crippen molar-refractivity contribution in [2.45, 2.75) is 19.3 Å². The Balaban J connectivity index is 2.21. The van der Waals surface area contributed by atoms with Crippen molar-refractivity contribution in [2.24, 2.45) is 12.8 Å². The molecule has 0 fully saturated rings. The molecule has 2 N–H and O–H groups in total.